The number of rotatable bonds is 7. The number of hydrogen-bond acceptors (Lipinski definition) is 4. The molecule has 0 amide bonds. The molecule has 2 heterocycles. The summed E-state index contributed by atoms with van der Waals surface area (Å²) >= 11 is 0. The number of guanidine groups is 1. The molecule has 0 bridgehead atoms. The van der Waals surface area contributed by atoms with Gasteiger partial charge in [-0.05, 0) is 50.5 Å². The molecule has 6 heteroatoms. The topological polar surface area (TPSA) is 61.8 Å². The summed E-state index contributed by atoms with van der Waals surface area (Å²) in [6.45, 7) is 7.90. The van der Waals surface area contributed by atoms with Crippen molar-refractivity contribution < 1.29 is 4.74 Å². The molecule has 0 aliphatic carbocycles. The van der Waals surface area contributed by atoms with E-state index in [2.05, 4.69) is 57.6 Å². The third kappa shape index (κ3) is 6.75. The van der Waals surface area contributed by atoms with Crippen molar-refractivity contribution in [2.24, 2.45) is 4.99 Å². The van der Waals surface area contributed by atoms with E-state index >= 15 is 0 Å². The van der Waals surface area contributed by atoms with Crippen molar-refractivity contribution in [2.75, 3.05) is 26.7 Å². The van der Waals surface area contributed by atoms with E-state index in [1.54, 1.807) is 0 Å². The molecule has 2 N–H and O–H groups in total. The standard InChI is InChI=1S/C23H33N5O/c1-18-8-4-5-10-22(18)29-19(2)16-26-23(24-3)27-20-11-14-28(15-12-20)17-21-9-6-7-13-25-21/h4-10,13,19-20H,11-12,14-17H2,1-3H3,(H2,24,26,27). The Morgan fingerprint density at radius 3 is 2.66 bits per heavy atom. The summed E-state index contributed by atoms with van der Waals surface area (Å²) in [4.78, 5) is 11.3. The molecule has 1 unspecified atom stereocenters. The second-order valence-electron chi connectivity index (χ2n) is 7.66. The van der Waals surface area contributed by atoms with Crippen molar-refractivity contribution in [3.63, 3.8) is 0 Å². The summed E-state index contributed by atoms with van der Waals surface area (Å²) in [5.74, 6) is 1.78. The fraction of sp³-hybridized carbons (Fsp3) is 0.478. The molecule has 1 aliphatic heterocycles. The van der Waals surface area contributed by atoms with Crippen LogP contribution >= 0.6 is 0 Å². The maximum atomic E-state index is 6.04. The first-order valence-corrected chi connectivity index (χ1v) is 10.5. The van der Waals surface area contributed by atoms with Crippen molar-refractivity contribution in [2.45, 2.75) is 45.4 Å². The van der Waals surface area contributed by atoms with Crippen LogP contribution in [0.5, 0.6) is 5.75 Å². The summed E-state index contributed by atoms with van der Waals surface area (Å²) in [6.07, 6.45) is 4.12. The lowest BCUT2D eigenvalue weighted by Crippen LogP contribution is -2.49. The van der Waals surface area contributed by atoms with Gasteiger partial charge < -0.3 is 15.4 Å². The maximum absolute atomic E-state index is 6.04. The second-order valence-corrected chi connectivity index (χ2v) is 7.66. The number of aromatic nitrogens is 1. The Labute approximate surface area is 174 Å². The minimum atomic E-state index is 0.0508. The number of nitrogens with one attached hydrogen (secondary N) is 2. The van der Waals surface area contributed by atoms with Crippen LogP contribution in [0.2, 0.25) is 0 Å². The van der Waals surface area contributed by atoms with Crippen LogP contribution in [0.25, 0.3) is 0 Å². The van der Waals surface area contributed by atoms with Gasteiger partial charge in [0, 0.05) is 38.9 Å². The number of pyridine rings is 1. The SMILES string of the molecule is CN=C(NCC(C)Oc1ccccc1C)NC1CCN(Cc2ccccn2)CC1. The van der Waals surface area contributed by atoms with E-state index in [4.69, 9.17) is 4.74 Å². The first kappa shape index (κ1) is 21.1. The molecule has 3 rings (SSSR count). The van der Waals surface area contributed by atoms with Crippen LogP contribution < -0.4 is 15.4 Å². The van der Waals surface area contributed by atoms with Gasteiger partial charge in [-0.15, -0.1) is 0 Å². The molecule has 0 saturated carbocycles. The molecule has 0 spiro atoms. The lowest BCUT2D eigenvalue weighted by Gasteiger charge is -2.33. The highest BCUT2D eigenvalue weighted by molar-refractivity contribution is 5.80. The van der Waals surface area contributed by atoms with Gasteiger partial charge in [0.2, 0.25) is 0 Å². The van der Waals surface area contributed by atoms with Crippen molar-refractivity contribution in [1.82, 2.24) is 20.5 Å². The van der Waals surface area contributed by atoms with Gasteiger partial charge in [-0.25, -0.2) is 0 Å². The number of nitrogens with zero attached hydrogens (tertiary/aromatic N) is 3. The Morgan fingerprint density at radius 2 is 1.97 bits per heavy atom. The van der Waals surface area contributed by atoms with E-state index in [1.807, 2.05) is 37.5 Å². The molecule has 2 aromatic rings. The Hall–Kier alpha value is -2.60. The summed E-state index contributed by atoms with van der Waals surface area (Å²) in [5.41, 5.74) is 2.29. The molecule has 1 atom stereocenters. The summed E-state index contributed by atoms with van der Waals surface area (Å²) < 4.78 is 6.04. The fourth-order valence-corrected chi connectivity index (χ4v) is 3.53. The van der Waals surface area contributed by atoms with Gasteiger partial charge >= 0.3 is 0 Å². The van der Waals surface area contributed by atoms with Gasteiger partial charge in [0.15, 0.2) is 5.96 Å². The van der Waals surface area contributed by atoms with E-state index in [1.165, 1.54) is 0 Å². The number of aliphatic imine (C=N–C) groups is 1. The van der Waals surface area contributed by atoms with Crippen molar-refractivity contribution in [3.8, 4) is 5.75 Å². The van der Waals surface area contributed by atoms with Gasteiger partial charge in [0.05, 0.1) is 12.2 Å². The molecule has 156 valence electrons. The van der Waals surface area contributed by atoms with E-state index < -0.39 is 0 Å². The summed E-state index contributed by atoms with van der Waals surface area (Å²) in [5, 5.41) is 6.96. The van der Waals surface area contributed by atoms with Crippen LogP contribution in [0.3, 0.4) is 0 Å². The summed E-state index contributed by atoms with van der Waals surface area (Å²) in [7, 11) is 1.82. The molecule has 1 aromatic carbocycles. The van der Waals surface area contributed by atoms with E-state index in [-0.39, 0.29) is 6.10 Å². The number of ether oxygens (including phenoxy) is 1. The number of para-hydroxylation sites is 1. The first-order valence-electron chi connectivity index (χ1n) is 10.5. The Balaban J connectivity index is 1.38. The Morgan fingerprint density at radius 1 is 1.21 bits per heavy atom. The molecular formula is C23H33N5O. The molecule has 6 nitrogen and oxygen atoms in total. The lowest BCUT2D eigenvalue weighted by atomic mass is 10.0. The average Bonchev–Trinajstić information content (AvgIpc) is 2.75. The predicted octanol–water partition coefficient (Wildman–Crippen LogP) is 2.99. The minimum Gasteiger partial charge on any atom is -0.489 e. The number of piperidine rings is 1. The highest BCUT2D eigenvalue weighted by Crippen LogP contribution is 2.17. The van der Waals surface area contributed by atoms with Crippen LogP contribution in [0.15, 0.2) is 53.7 Å². The van der Waals surface area contributed by atoms with Gasteiger partial charge in [-0.3, -0.25) is 14.9 Å². The molecule has 1 aliphatic rings. The van der Waals surface area contributed by atoms with E-state index in [0.717, 1.165) is 55.4 Å². The number of likely N-dealkylation sites (tertiary alicyclic amines) is 1. The van der Waals surface area contributed by atoms with Crippen molar-refractivity contribution in [1.29, 1.82) is 0 Å². The fourth-order valence-electron chi connectivity index (χ4n) is 3.53. The zero-order valence-electron chi connectivity index (χ0n) is 17.8. The Kier molecular flexibility index (Phi) is 7.87. The molecule has 1 aromatic heterocycles. The van der Waals surface area contributed by atoms with Crippen LogP contribution in [-0.4, -0.2) is 54.7 Å². The largest absolute Gasteiger partial charge is 0.489 e. The predicted molar refractivity (Wildman–Crippen MR) is 118 cm³/mol. The monoisotopic (exact) mass is 395 g/mol. The third-order valence-corrected chi connectivity index (χ3v) is 5.24. The van der Waals surface area contributed by atoms with Crippen LogP contribution in [0.1, 0.15) is 31.0 Å². The number of benzene rings is 1. The van der Waals surface area contributed by atoms with Gasteiger partial charge in [0.25, 0.3) is 0 Å². The third-order valence-electron chi connectivity index (χ3n) is 5.24. The minimum absolute atomic E-state index is 0.0508. The maximum Gasteiger partial charge on any atom is 0.191 e. The van der Waals surface area contributed by atoms with Gasteiger partial charge in [-0.2, -0.15) is 0 Å². The second kappa shape index (κ2) is 10.8. The Bertz CT molecular complexity index is 772. The first-order chi connectivity index (χ1) is 14.1. The van der Waals surface area contributed by atoms with Gasteiger partial charge in [-0.1, -0.05) is 24.3 Å². The van der Waals surface area contributed by atoms with Crippen LogP contribution in [0.4, 0.5) is 0 Å². The highest BCUT2D eigenvalue weighted by atomic mass is 16.5. The lowest BCUT2D eigenvalue weighted by molar-refractivity contribution is 0.195. The molecule has 1 fully saturated rings. The van der Waals surface area contributed by atoms with E-state index in [0.29, 0.717) is 12.6 Å². The molecule has 1 saturated heterocycles. The molecule has 0 radical (unpaired) electrons. The zero-order valence-corrected chi connectivity index (χ0v) is 17.8. The summed E-state index contributed by atoms with van der Waals surface area (Å²) in [6, 6.07) is 14.7. The normalized spacial score (nSPS) is 17.0. The quantitative estimate of drug-likeness (QED) is 0.557. The van der Waals surface area contributed by atoms with Crippen LogP contribution in [0, 0.1) is 6.92 Å². The number of aryl methyl sites for hydroxylation is 1. The number of hydrogen-bond donors (Lipinski definition) is 2. The molecular weight excluding hydrogens is 362 g/mol. The zero-order chi connectivity index (χ0) is 20.5. The van der Waals surface area contributed by atoms with Gasteiger partial charge in [0.1, 0.15) is 11.9 Å². The molecule has 29 heavy (non-hydrogen) atoms. The van der Waals surface area contributed by atoms with Crippen molar-refractivity contribution in [3.05, 3.63) is 59.9 Å². The smallest absolute Gasteiger partial charge is 0.191 e. The highest BCUT2D eigenvalue weighted by Gasteiger charge is 2.20. The van der Waals surface area contributed by atoms with Crippen molar-refractivity contribution >= 4 is 5.96 Å². The van der Waals surface area contributed by atoms with E-state index in [9.17, 15) is 0 Å². The average molecular weight is 396 g/mol. The van der Waals surface area contributed by atoms with Crippen LogP contribution in [-0.2, 0) is 6.54 Å².